The Morgan fingerprint density at radius 1 is 1.00 bits per heavy atom. The fourth-order valence-corrected chi connectivity index (χ4v) is 3.12. The summed E-state index contributed by atoms with van der Waals surface area (Å²) in [6.45, 7) is 7.22. The van der Waals surface area contributed by atoms with Gasteiger partial charge in [0.2, 0.25) is 0 Å². The second-order valence-corrected chi connectivity index (χ2v) is 7.45. The molecule has 146 valence electrons. The quantitative estimate of drug-likeness (QED) is 0.717. The van der Waals surface area contributed by atoms with Crippen molar-refractivity contribution in [3.05, 3.63) is 76.1 Å². The average Bonchev–Trinajstić information content (AvgIpc) is 3.02. The number of carbonyl (C=O) groups is 1. The minimum atomic E-state index is -0.217. The van der Waals surface area contributed by atoms with Crippen LogP contribution < -0.4 is 5.32 Å². The van der Waals surface area contributed by atoms with Crippen molar-refractivity contribution in [3.8, 4) is 5.69 Å². The molecule has 2 aromatic carbocycles. The lowest BCUT2D eigenvalue weighted by Crippen LogP contribution is -2.24. The molecule has 3 aromatic rings. The van der Waals surface area contributed by atoms with Gasteiger partial charge in [0.15, 0.2) is 5.69 Å². The number of hydrogen-bond acceptors (Lipinski definition) is 4. The van der Waals surface area contributed by atoms with Crippen molar-refractivity contribution < 1.29 is 4.79 Å². The van der Waals surface area contributed by atoms with Crippen molar-refractivity contribution in [3.63, 3.8) is 0 Å². The van der Waals surface area contributed by atoms with E-state index < -0.39 is 0 Å². The number of nitrogens with zero attached hydrogens (tertiary/aromatic N) is 4. The molecular weight excluding hydrogens is 350 g/mol. The number of rotatable bonds is 6. The number of amides is 1. The molecule has 1 N–H and O–H groups in total. The fraction of sp³-hybridized carbons (Fsp3) is 0.318. The van der Waals surface area contributed by atoms with Crippen molar-refractivity contribution >= 4 is 5.91 Å². The van der Waals surface area contributed by atoms with Crippen LogP contribution in [0.1, 0.15) is 38.4 Å². The number of carbonyl (C=O) groups excluding carboxylic acids is 1. The summed E-state index contributed by atoms with van der Waals surface area (Å²) in [4.78, 5) is 16.3. The van der Waals surface area contributed by atoms with Gasteiger partial charge in [0.25, 0.3) is 5.91 Å². The van der Waals surface area contributed by atoms with Crippen LogP contribution in [0.3, 0.4) is 0 Å². The minimum absolute atomic E-state index is 0.217. The molecule has 0 bridgehead atoms. The van der Waals surface area contributed by atoms with E-state index in [1.807, 2.05) is 52.2 Å². The Morgan fingerprint density at radius 2 is 1.68 bits per heavy atom. The highest BCUT2D eigenvalue weighted by molar-refractivity contribution is 5.93. The highest BCUT2D eigenvalue weighted by Crippen LogP contribution is 2.15. The molecule has 1 amide bonds. The van der Waals surface area contributed by atoms with E-state index in [-0.39, 0.29) is 5.91 Å². The number of hydrogen-bond donors (Lipinski definition) is 1. The van der Waals surface area contributed by atoms with E-state index in [0.717, 1.165) is 23.4 Å². The maximum atomic E-state index is 12.6. The zero-order valence-corrected chi connectivity index (χ0v) is 17.2. The van der Waals surface area contributed by atoms with Crippen LogP contribution in [0, 0.1) is 20.8 Å². The Balaban J connectivity index is 1.69. The highest BCUT2D eigenvalue weighted by Gasteiger charge is 2.17. The van der Waals surface area contributed by atoms with Crippen molar-refractivity contribution in [2.75, 3.05) is 14.1 Å². The first kappa shape index (κ1) is 19.8. The van der Waals surface area contributed by atoms with Crippen LogP contribution in [0.25, 0.3) is 5.69 Å². The normalized spacial score (nSPS) is 11.1. The van der Waals surface area contributed by atoms with E-state index in [0.29, 0.717) is 17.9 Å². The fourth-order valence-electron chi connectivity index (χ4n) is 3.12. The number of benzene rings is 2. The van der Waals surface area contributed by atoms with E-state index in [9.17, 15) is 4.79 Å². The van der Waals surface area contributed by atoms with Gasteiger partial charge in [0.1, 0.15) is 0 Å². The molecule has 0 aliphatic rings. The van der Waals surface area contributed by atoms with Crippen molar-refractivity contribution in [2.24, 2.45) is 0 Å². The topological polar surface area (TPSA) is 63.1 Å². The third-order valence-electron chi connectivity index (χ3n) is 4.54. The summed E-state index contributed by atoms with van der Waals surface area (Å²) in [6, 6.07) is 14.3. The van der Waals surface area contributed by atoms with Crippen molar-refractivity contribution in [1.29, 1.82) is 0 Å². The zero-order valence-electron chi connectivity index (χ0n) is 17.2. The summed E-state index contributed by atoms with van der Waals surface area (Å²) in [5.41, 5.74) is 6.38. The van der Waals surface area contributed by atoms with Gasteiger partial charge >= 0.3 is 0 Å². The van der Waals surface area contributed by atoms with Crippen molar-refractivity contribution in [1.82, 2.24) is 25.2 Å². The summed E-state index contributed by atoms with van der Waals surface area (Å²) in [7, 11) is 4.09. The minimum Gasteiger partial charge on any atom is -0.347 e. The number of aromatic nitrogens is 3. The maximum Gasteiger partial charge on any atom is 0.274 e. The van der Waals surface area contributed by atoms with Gasteiger partial charge in [-0.1, -0.05) is 42.0 Å². The smallest absolute Gasteiger partial charge is 0.274 e. The van der Waals surface area contributed by atoms with Crippen LogP contribution in [0.15, 0.2) is 42.5 Å². The molecule has 0 aliphatic carbocycles. The summed E-state index contributed by atoms with van der Waals surface area (Å²) in [5, 5.41) is 11.8. The number of nitrogens with one attached hydrogen (secondary N) is 1. The highest BCUT2D eigenvalue weighted by atomic mass is 16.2. The Morgan fingerprint density at radius 3 is 2.32 bits per heavy atom. The molecule has 0 fully saturated rings. The molecule has 0 saturated heterocycles. The molecule has 0 unspecified atom stereocenters. The maximum absolute atomic E-state index is 12.6. The molecule has 6 heteroatoms. The second kappa shape index (κ2) is 8.35. The lowest BCUT2D eigenvalue weighted by molar-refractivity contribution is 0.0945. The molecule has 3 rings (SSSR count). The van der Waals surface area contributed by atoms with Gasteiger partial charge in [0.05, 0.1) is 11.4 Å². The monoisotopic (exact) mass is 377 g/mol. The predicted molar refractivity (Wildman–Crippen MR) is 111 cm³/mol. The SMILES string of the molecule is Cc1ccc(-n2nc(C)c(C(=O)NCc3ccc(CN(C)C)cc3)n2)c(C)c1. The predicted octanol–water partition coefficient (Wildman–Crippen LogP) is 3.18. The largest absolute Gasteiger partial charge is 0.347 e. The first-order valence-corrected chi connectivity index (χ1v) is 9.36. The molecular formula is C22H27N5O. The van der Waals surface area contributed by atoms with Gasteiger partial charge in [-0.05, 0) is 57.6 Å². The van der Waals surface area contributed by atoms with E-state index in [1.165, 1.54) is 15.9 Å². The lowest BCUT2D eigenvalue weighted by atomic mass is 10.1. The Bertz CT molecular complexity index is 973. The van der Waals surface area contributed by atoms with E-state index in [1.54, 1.807) is 6.92 Å². The molecule has 6 nitrogen and oxygen atoms in total. The Kier molecular flexibility index (Phi) is 5.90. The average molecular weight is 377 g/mol. The molecule has 0 aliphatic heterocycles. The van der Waals surface area contributed by atoms with E-state index in [2.05, 4.69) is 38.6 Å². The van der Waals surface area contributed by atoms with Gasteiger partial charge in [-0.25, -0.2) is 0 Å². The zero-order chi connectivity index (χ0) is 20.3. The van der Waals surface area contributed by atoms with E-state index in [4.69, 9.17) is 0 Å². The molecule has 0 atom stereocenters. The Labute approximate surface area is 166 Å². The van der Waals surface area contributed by atoms with Crippen LogP contribution in [0.5, 0.6) is 0 Å². The number of aryl methyl sites for hydroxylation is 3. The molecule has 0 spiro atoms. The van der Waals surface area contributed by atoms with Crippen LogP contribution in [0.2, 0.25) is 0 Å². The van der Waals surface area contributed by atoms with Crippen LogP contribution in [0.4, 0.5) is 0 Å². The van der Waals surface area contributed by atoms with Gasteiger partial charge < -0.3 is 10.2 Å². The first-order valence-electron chi connectivity index (χ1n) is 9.36. The van der Waals surface area contributed by atoms with Gasteiger partial charge in [-0.3, -0.25) is 4.79 Å². The summed E-state index contributed by atoms with van der Waals surface area (Å²) < 4.78 is 0. The standard InChI is InChI=1S/C22H27N5O/c1-15-6-11-20(16(2)12-15)27-24-17(3)21(25-27)22(28)23-13-18-7-9-19(10-8-18)14-26(4)5/h6-12H,13-14H2,1-5H3,(H,23,28). The van der Waals surface area contributed by atoms with Crippen LogP contribution >= 0.6 is 0 Å². The Hall–Kier alpha value is -2.99. The second-order valence-electron chi connectivity index (χ2n) is 7.45. The van der Waals surface area contributed by atoms with Crippen LogP contribution in [-0.2, 0) is 13.1 Å². The molecule has 0 saturated carbocycles. The third-order valence-corrected chi connectivity index (χ3v) is 4.54. The summed E-state index contributed by atoms with van der Waals surface area (Å²) in [5.74, 6) is -0.217. The van der Waals surface area contributed by atoms with Gasteiger partial charge in [-0.15, -0.1) is 5.10 Å². The van der Waals surface area contributed by atoms with Gasteiger partial charge in [0, 0.05) is 13.1 Å². The van der Waals surface area contributed by atoms with E-state index >= 15 is 0 Å². The summed E-state index contributed by atoms with van der Waals surface area (Å²) >= 11 is 0. The van der Waals surface area contributed by atoms with Crippen molar-refractivity contribution in [2.45, 2.75) is 33.9 Å². The molecule has 28 heavy (non-hydrogen) atoms. The lowest BCUT2D eigenvalue weighted by Gasteiger charge is -2.10. The van der Waals surface area contributed by atoms with Crippen LogP contribution in [-0.4, -0.2) is 39.9 Å². The molecule has 1 aromatic heterocycles. The van der Waals surface area contributed by atoms with Gasteiger partial charge in [-0.2, -0.15) is 9.90 Å². The molecule has 0 radical (unpaired) electrons. The first-order chi connectivity index (χ1) is 13.3. The molecule has 1 heterocycles. The third kappa shape index (κ3) is 4.64. The summed E-state index contributed by atoms with van der Waals surface area (Å²) in [6.07, 6.45) is 0.